The molecule has 0 bridgehead atoms. The first-order chi connectivity index (χ1) is 12.7. The summed E-state index contributed by atoms with van der Waals surface area (Å²) in [5, 5.41) is 3.55. The van der Waals surface area contributed by atoms with Gasteiger partial charge in [0.2, 0.25) is 5.91 Å². The zero-order valence-electron chi connectivity index (χ0n) is 15.6. The Morgan fingerprint density at radius 1 is 1.30 bits per heavy atom. The van der Waals surface area contributed by atoms with E-state index in [-0.39, 0.29) is 36.3 Å². The van der Waals surface area contributed by atoms with Gasteiger partial charge in [-0.2, -0.15) is 0 Å². The number of methoxy groups -OCH3 is 1. The number of carbonyl (C=O) groups is 1. The Morgan fingerprint density at radius 2 is 2.04 bits per heavy atom. The lowest BCUT2D eigenvalue weighted by molar-refractivity contribution is -0.121. The van der Waals surface area contributed by atoms with Crippen LogP contribution in [0.15, 0.2) is 21.3 Å². The Kier molecular flexibility index (Phi) is 5.28. The molecule has 1 aromatic heterocycles. The fourth-order valence-corrected chi connectivity index (χ4v) is 5.20. The van der Waals surface area contributed by atoms with Crippen molar-refractivity contribution in [2.45, 2.75) is 39.2 Å². The highest BCUT2D eigenvalue weighted by Crippen LogP contribution is 2.29. The number of rotatable bonds is 5. The summed E-state index contributed by atoms with van der Waals surface area (Å²) in [6.45, 7) is 3.66. The highest BCUT2D eigenvalue weighted by Gasteiger charge is 2.28. The molecule has 2 heterocycles. The van der Waals surface area contributed by atoms with Crippen molar-refractivity contribution in [3.63, 3.8) is 0 Å². The van der Waals surface area contributed by atoms with Crippen molar-refractivity contribution in [1.29, 1.82) is 0 Å². The van der Waals surface area contributed by atoms with Crippen LogP contribution in [0.5, 0.6) is 5.75 Å². The first-order valence-corrected chi connectivity index (χ1v) is 10.6. The Bertz CT molecular complexity index is 1050. The second kappa shape index (κ2) is 7.34. The van der Waals surface area contributed by atoms with Crippen molar-refractivity contribution in [2.24, 2.45) is 0 Å². The smallest absolute Gasteiger partial charge is 0.339 e. The number of aryl methyl sites for hydroxylation is 2. The van der Waals surface area contributed by atoms with Gasteiger partial charge in [0.25, 0.3) is 0 Å². The van der Waals surface area contributed by atoms with Gasteiger partial charge < -0.3 is 14.5 Å². The molecule has 1 amide bonds. The lowest BCUT2D eigenvalue weighted by Crippen LogP contribution is -2.35. The van der Waals surface area contributed by atoms with Crippen molar-refractivity contribution in [3.8, 4) is 5.75 Å². The number of nitrogens with one attached hydrogen (secondary N) is 1. The van der Waals surface area contributed by atoms with Crippen LogP contribution in [-0.2, 0) is 21.1 Å². The van der Waals surface area contributed by atoms with Crippen LogP contribution >= 0.6 is 0 Å². The molecule has 1 aliphatic heterocycles. The predicted molar refractivity (Wildman–Crippen MR) is 102 cm³/mol. The summed E-state index contributed by atoms with van der Waals surface area (Å²) in [7, 11) is -1.49. The number of sulfone groups is 1. The molecule has 3 rings (SSSR count). The molecule has 0 radical (unpaired) electrons. The minimum Gasteiger partial charge on any atom is -0.496 e. The van der Waals surface area contributed by atoms with Gasteiger partial charge in [0.05, 0.1) is 18.6 Å². The maximum absolute atomic E-state index is 12.4. The molecule has 8 heteroatoms. The third-order valence-corrected chi connectivity index (χ3v) is 6.84. The van der Waals surface area contributed by atoms with Crippen LogP contribution < -0.4 is 15.7 Å². The number of hydrogen-bond donors (Lipinski definition) is 1. The van der Waals surface area contributed by atoms with E-state index < -0.39 is 15.5 Å². The molecule has 146 valence electrons. The molecule has 1 aromatic carbocycles. The first kappa shape index (κ1) is 19.4. The van der Waals surface area contributed by atoms with Gasteiger partial charge in [-0.05, 0) is 44.4 Å². The maximum atomic E-state index is 12.4. The van der Waals surface area contributed by atoms with E-state index in [9.17, 15) is 18.0 Å². The third-order valence-electron chi connectivity index (χ3n) is 5.07. The lowest BCUT2D eigenvalue weighted by atomic mass is 10.00. The van der Waals surface area contributed by atoms with E-state index in [0.717, 1.165) is 16.5 Å². The van der Waals surface area contributed by atoms with Gasteiger partial charge in [-0.15, -0.1) is 0 Å². The summed E-state index contributed by atoms with van der Waals surface area (Å²) in [5.74, 6) is 0.469. The van der Waals surface area contributed by atoms with Crippen LogP contribution in [0.2, 0.25) is 0 Å². The van der Waals surface area contributed by atoms with Crippen LogP contribution in [0.1, 0.15) is 29.5 Å². The highest BCUT2D eigenvalue weighted by molar-refractivity contribution is 7.91. The summed E-state index contributed by atoms with van der Waals surface area (Å²) in [4.78, 5) is 24.6. The van der Waals surface area contributed by atoms with Crippen molar-refractivity contribution in [1.82, 2.24) is 5.32 Å². The van der Waals surface area contributed by atoms with Crippen LogP contribution in [0.4, 0.5) is 0 Å². The van der Waals surface area contributed by atoms with Crippen LogP contribution in [0.3, 0.4) is 0 Å². The summed E-state index contributed by atoms with van der Waals surface area (Å²) in [6, 6.07) is 3.32. The van der Waals surface area contributed by atoms with Crippen LogP contribution in [-0.4, -0.2) is 39.0 Å². The number of carbonyl (C=O) groups excluding carboxylic acids is 1. The topological polar surface area (TPSA) is 103 Å². The number of hydrogen-bond acceptors (Lipinski definition) is 6. The lowest BCUT2D eigenvalue weighted by Gasteiger charge is -2.13. The van der Waals surface area contributed by atoms with E-state index in [0.29, 0.717) is 23.3 Å². The Morgan fingerprint density at radius 3 is 2.67 bits per heavy atom. The third kappa shape index (κ3) is 4.00. The van der Waals surface area contributed by atoms with Gasteiger partial charge in [0, 0.05) is 29.0 Å². The van der Waals surface area contributed by atoms with E-state index >= 15 is 0 Å². The van der Waals surface area contributed by atoms with E-state index in [2.05, 4.69) is 5.32 Å². The molecule has 1 N–H and O–H groups in total. The molecule has 1 fully saturated rings. The van der Waals surface area contributed by atoms with Crippen LogP contribution in [0.25, 0.3) is 11.0 Å². The molecule has 0 spiro atoms. The predicted octanol–water partition coefficient (Wildman–Crippen LogP) is 1.65. The molecule has 0 aliphatic carbocycles. The molecule has 2 aromatic rings. The number of benzene rings is 1. The quantitative estimate of drug-likeness (QED) is 0.775. The van der Waals surface area contributed by atoms with Gasteiger partial charge in [-0.25, -0.2) is 13.2 Å². The zero-order chi connectivity index (χ0) is 19.8. The monoisotopic (exact) mass is 393 g/mol. The summed E-state index contributed by atoms with van der Waals surface area (Å²) in [6.07, 6.45) is 0.773. The van der Waals surface area contributed by atoms with Gasteiger partial charge in [0.1, 0.15) is 11.3 Å². The standard InChI is InChI=1S/C19H23NO6S/c1-11-14-4-6-16(25-3)12(2)18(14)26-19(22)15(11)5-7-17(21)20-13-8-9-27(23,24)10-13/h4,6,13H,5,7-10H2,1-3H3,(H,20,21)/t13-/m0/s1. The molecule has 0 saturated carbocycles. The van der Waals surface area contributed by atoms with E-state index in [1.807, 2.05) is 26.0 Å². The maximum Gasteiger partial charge on any atom is 0.339 e. The van der Waals surface area contributed by atoms with Crippen molar-refractivity contribution in [3.05, 3.63) is 39.2 Å². The highest BCUT2D eigenvalue weighted by atomic mass is 32.2. The molecular formula is C19H23NO6S. The molecule has 1 saturated heterocycles. The molecule has 1 atom stereocenters. The summed E-state index contributed by atoms with van der Waals surface area (Å²) in [5.41, 5.74) is 2.01. The minimum absolute atomic E-state index is 0.0169. The Balaban J connectivity index is 1.77. The molecule has 1 aliphatic rings. The summed E-state index contributed by atoms with van der Waals surface area (Å²) >= 11 is 0. The molecule has 27 heavy (non-hydrogen) atoms. The van der Waals surface area contributed by atoms with E-state index in [1.54, 1.807) is 7.11 Å². The van der Waals surface area contributed by atoms with Crippen molar-refractivity contribution in [2.75, 3.05) is 18.6 Å². The van der Waals surface area contributed by atoms with Gasteiger partial charge in [-0.3, -0.25) is 4.79 Å². The molecule has 0 unspecified atom stereocenters. The van der Waals surface area contributed by atoms with Gasteiger partial charge in [-0.1, -0.05) is 0 Å². The summed E-state index contributed by atoms with van der Waals surface area (Å²) < 4.78 is 33.7. The number of fused-ring (bicyclic) bond motifs is 1. The minimum atomic E-state index is -3.05. The van der Waals surface area contributed by atoms with Crippen molar-refractivity contribution >= 4 is 26.7 Å². The second-order valence-electron chi connectivity index (χ2n) is 6.93. The van der Waals surface area contributed by atoms with E-state index in [4.69, 9.17) is 9.15 Å². The zero-order valence-corrected chi connectivity index (χ0v) is 16.4. The first-order valence-electron chi connectivity index (χ1n) is 8.81. The fourth-order valence-electron chi connectivity index (χ4n) is 3.53. The van der Waals surface area contributed by atoms with E-state index in [1.165, 1.54) is 0 Å². The second-order valence-corrected chi connectivity index (χ2v) is 9.16. The van der Waals surface area contributed by atoms with Crippen LogP contribution in [0, 0.1) is 13.8 Å². The number of ether oxygens (including phenoxy) is 1. The largest absolute Gasteiger partial charge is 0.496 e. The van der Waals surface area contributed by atoms with Gasteiger partial charge >= 0.3 is 5.63 Å². The number of amides is 1. The molecular weight excluding hydrogens is 370 g/mol. The average Bonchev–Trinajstić information content (AvgIpc) is 2.94. The Hall–Kier alpha value is -2.35. The SMILES string of the molecule is COc1ccc2c(C)c(CCC(=O)N[C@H]3CCS(=O)(=O)C3)c(=O)oc2c1C. The Labute approximate surface area is 157 Å². The average molecular weight is 393 g/mol. The fraction of sp³-hybridized carbons (Fsp3) is 0.474. The normalized spacial score (nSPS) is 18.6. The van der Waals surface area contributed by atoms with Gasteiger partial charge in [0.15, 0.2) is 9.84 Å². The van der Waals surface area contributed by atoms with Crippen molar-refractivity contribution < 1.29 is 22.4 Å². The molecule has 7 nitrogen and oxygen atoms in total.